The van der Waals surface area contributed by atoms with Crippen LogP contribution < -0.4 is 5.73 Å². The zero-order valence-electron chi connectivity index (χ0n) is 14.4. The van der Waals surface area contributed by atoms with Crippen molar-refractivity contribution in [1.82, 2.24) is 4.98 Å². The normalized spacial score (nSPS) is 16.1. The maximum absolute atomic E-state index is 11.1. The molecule has 0 fully saturated rings. The summed E-state index contributed by atoms with van der Waals surface area (Å²) >= 11 is 0. The smallest absolute Gasteiger partial charge is 0.250 e. The number of primary amides is 1. The number of fused-ring (bicyclic) bond motifs is 1. The molecule has 1 atom stereocenters. The van der Waals surface area contributed by atoms with Crippen molar-refractivity contribution in [3.63, 3.8) is 0 Å². The third kappa shape index (κ3) is 3.84. The van der Waals surface area contributed by atoms with Crippen molar-refractivity contribution in [2.75, 3.05) is 0 Å². The van der Waals surface area contributed by atoms with Gasteiger partial charge >= 0.3 is 0 Å². The van der Waals surface area contributed by atoms with Gasteiger partial charge in [-0.2, -0.15) is 0 Å². The Labute approximate surface area is 144 Å². The van der Waals surface area contributed by atoms with Gasteiger partial charge in [-0.1, -0.05) is 44.7 Å². The van der Waals surface area contributed by atoms with E-state index in [1.165, 1.54) is 56.1 Å². The molecule has 1 amide bonds. The minimum atomic E-state index is -0.436. The van der Waals surface area contributed by atoms with E-state index in [9.17, 15) is 4.79 Å². The van der Waals surface area contributed by atoms with Gasteiger partial charge in [-0.05, 0) is 54.5 Å². The second-order valence-corrected chi connectivity index (χ2v) is 6.90. The minimum absolute atomic E-state index is 0.436. The average molecular weight is 322 g/mol. The van der Waals surface area contributed by atoms with Crippen LogP contribution in [0.3, 0.4) is 0 Å². The van der Waals surface area contributed by atoms with E-state index in [0.29, 0.717) is 5.56 Å². The Morgan fingerprint density at radius 1 is 1.12 bits per heavy atom. The number of hydrogen-bond acceptors (Lipinski definition) is 2. The molecule has 126 valence electrons. The summed E-state index contributed by atoms with van der Waals surface area (Å²) in [6.45, 7) is 2.26. The van der Waals surface area contributed by atoms with Crippen molar-refractivity contribution >= 4 is 5.91 Å². The van der Waals surface area contributed by atoms with Gasteiger partial charge in [0.05, 0.1) is 11.3 Å². The zero-order chi connectivity index (χ0) is 16.9. The number of rotatable bonds is 7. The lowest BCUT2D eigenvalue weighted by Gasteiger charge is -2.07. The van der Waals surface area contributed by atoms with Crippen LogP contribution in [0, 0.1) is 5.92 Å². The molecule has 0 spiro atoms. The number of unbranched alkanes of at least 4 members (excludes halogenated alkanes) is 3. The molecule has 24 heavy (non-hydrogen) atoms. The second-order valence-electron chi connectivity index (χ2n) is 6.90. The largest absolute Gasteiger partial charge is 0.366 e. The topological polar surface area (TPSA) is 56.0 Å². The van der Waals surface area contributed by atoms with Gasteiger partial charge in [0, 0.05) is 11.8 Å². The van der Waals surface area contributed by atoms with Crippen LogP contribution in [-0.2, 0) is 12.8 Å². The summed E-state index contributed by atoms with van der Waals surface area (Å²) in [5.74, 6) is 0.367. The van der Waals surface area contributed by atoms with Crippen molar-refractivity contribution in [2.45, 2.75) is 51.9 Å². The zero-order valence-corrected chi connectivity index (χ0v) is 14.4. The number of carbonyl (C=O) groups is 1. The van der Waals surface area contributed by atoms with Gasteiger partial charge in [-0.25, -0.2) is 0 Å². The minimum Gasteiger partial charge on any atom is -0.366 e. The first-order valence-electron chi connectivity index (χ1n) is 9.05. The van der Waals surface area contributed by atoms with E-state index in [-0.39, 0.29) is 0 Å². The van der Waals surface area contributed by atoms with Crippen LogP contribution in [-0.4, -0.2) is 10.9 Å². The van der Waals surface area contributed by atoms with Crippen molar-refractivity contribution in [1.29, 1.82) is 0 Å². The molecule has 1 aliphatic carbocycles. The van der Waals surface area contributed by atoms with Gasteiger partial charge in [-0.3, -0.25) is 9.78 Å². The maximum atomic E-state index is 11.1. The Balaban J connectivity index is 1.67. The van der Waals surface area contributed by atoms with Crippen LogP contribution in [0.4, 0.5) is 0 Å². The van der Waals surface area contributed by atoms with E-state index in [1.54, 1.807) is 12.3 Å². The molecule has 1 aromatic carbocycles. The van der Waals surface area contributed by atoms with Crippen molar-refractivity contribution in [3.8, 4) is 11.3 Å². The van der Waals surface area contributed by atoms with E-state index in [4.69, 9.17) is 5.73 Å². The van der Waals surface area contributed by atoms with E-state index >= 15 is 0 Å². The fourth-order valence-electron chi connectivity index (χ4n) is 3.64. The summed E-state index contributed by atoms with van der Waals surface area (Å²) in [7, 11) is 0. The Morgan fingerprint density at radius 2 is 1.96 bits per heavy atom. The molecule has 3 rings (SSSR count). The quantitative estimate of drug-likeness (QED) is 0.761. The third-order valence-electron chi connectivity index (χ3n) is 5.03. The molecule has 2 N–H and O–H groups in total. The first kappa shape index (κ1) is 16.7. The number of amides is 1. The first-order chi connectivity index (χ1) is 11.7. The second kappa shape index (κ2) is 7.61. The van der Waals surface area contributed by atoms with Gasteiger partial charge in [0.15, 0.2) is 0 Å². The molecule has 3 nitrogen and oxygen atoms in total. The van der Waals surface area contributed by atoms with Crippen LogP contribution in [0.2, 0.25) is 0 Å². The molecule has 0 bridgehead atoms. The van der Waals surface area contributed by atoms with Crippen LogP contribution in [0.5, 0.6) is 0 Å². The predicted molar refractivity (Wildman–Crippen MR) is 97.8 cm³/mol. The van der Waals surface area contributed by atoms with Gasteiger partial charge in [-0.15, -0.1) is 0 Å². The van der Waals surface area contributed by atoms with E-state index in [2.05, 4.69) is 30.1 Å². The Bertz CT molecular complexity index is 706. The lowest BCUT2D eigenvalue weighted by atomic mass is 9.98. The first-order valence-corrected chi connectivity index (χ1v) is 9.05. The number of aromatic nitrogens is 1. The summed E-state index contributed by atoms with van der Waals surface area (Å²) in [5.41, 5.74) is 10.7. The molecule has 0 radical (unpaired) electrons. The van der Waals surface area contributed by atoms with Gasteiger partial charge in [0.1, 0.15) is 0 Å². The molecular formula is C21H26N2O. The summed E-state index contributed by atoms with van der Waals surface area (Å²) in [5, 5.41) is 0. The van der Waals surface area contributed by atoms with E-state index in [0.717, 1.165) is 17.2 Å². The Hall–Kier alpha value is -2.16. The van der Waals surface area contributed by atoms with Crippen molar-refractivity contribution in [3.05, 3.63) is 53.2 Å². The number of nitrogens with zero attached hydrogens (tertiary/aromatic N) is 1. The van der Waals surface area contributed by atoms with Gasteiger partial charge < -0.3 is 5.73 Å². The SMILES string of the molecule is CCCCCCC1Cc2ccc(-c3ccc(C(N)=O)cn3)cc2C1. The molecule has 0 saturated heterocycles. The lowest BCUT2D eigenvalue weighted by Crippen LogP contribution is -2.10. The molecular weight excluding hydrogens is 296 g/mol. The van der Waals surface area contributed by atoms with E-state index in [1.807, 2.05) is 6.07 Å². The fourth-order valence-corrected chi connectivity index (χ4v) is 3.64. The highest BCUT2D eigenvalue weighted by atomic mass is 16.1. The number of benzene rings is 1. The van der Waals surface area contributed by atoms with Crippen LogP contribution in [0.15, 0.2) is 36.5 Å². The summed E-state index contributed by atoms with van der Waals surface area (Å²) in [6, 6.07) is 10.3. The molecule has 2 aromatic rings. The third-order valence-corrected chi connectivity index (χ3v) is 5.03. The molecule has 1 unspecified atom stereocenters. The fraction of sp³-hybridized carbons (Fsp3) is 0.429. The molecule has 1 heterocycles. The maximum Gasteiger partial charge on any atom is 0.250 e. The molecule has 3 heteroatoms. The monoisotopic (exact) mass is 322 g/mol. The van der Waals surface area contributed by atoms with E-state index < -0.39 is 5.91 Å². The Morgan fingerprint density at radius 3 is 2.67 bits per heavy atom. The van der Waals surface area contributed by atoms with Crippen LogP contribution >= 0.6 is 0 Å². The van der Waals surface area contributed by atoms with Gasteiger partial charge in [0.25, 0.3) is 0 Å². The number of nitrogens with two attached hydrogens (primary N) is 1. The number of carbonyl (C=O) groups excluding carboxylic acids is 1. The Kier molecular flexibility index (Phi) is 5.29. The highest BCUT2D eigenvalue weighted by molar-refractivity contribution is 5.92. The highest BCUT2D eigenvalue weighted by Gasteiger charge is 2.21. The highest BCUT2D eigenvalue weighted by Crippen LogP contribution is 2.33. The summed E-state index contributed by atoms with van der Waals surface area (Å²) in [6.07, 6.45) is 10.7. The predicted octanol–water partition coefficient (Wildman–Crippen LogP) is 4.53. The molecule has 0 saturated carbocycles. The average Bonchev–Trinajstić information content (AvgIpc) is 3.00. The van der Waals surface area contributed by atoms with Crippen molar-refractivity contribution in [2.24, 2.45) is 11.7 Å². The standard InChI is InChI=1S/C21H26N2O/c1-2-3-4-5-6-15-11-16-7-8-17(13-19(16)12-15)20-10-9-18(14-23-20)21(22)24/h7-10,13-15H,2-6,11-12H2,1H3,(H2,22,24). The lowest BCUT2D eigenvalue weighted by molar-refractivity contribution is 0.1000. The van der Waals surface area contributed by atoms with Crippen molar-refractivity contribution < 1.29 is 4.79 Å². The van der Waals surface area contributed by atoms with Crippen LogP contribution in [0.1, 0.15) is 60.5 Å². The molecule has 0 aliphatic heterocycles. The summed E-state index contributed by atoms with van der Waals surface area (Å²) in [4.78, 5) is 15.5. The number of pyridine rings is 1. The number of hydrogen-bond donors (Lipinski definition) is 1. The molecule has 1 aliphatic rings. The van der Waals surface area contributed by atoms with Crippen LogP contribution in [0.25, 0.3) is 11.3 Å². The summed E-state index contributed by atoms with van der Waals surface area (Å²) < 4.78 is 0. The molecule has 1 aromatic heterocycles. The van der Waals surface area contributed by atoms with Gasteiger partial charge in [0.2, 0.25) is 5.91 Å².